The summed E-state index contributed by atoms with van der Waals surface area (Å²) in [5.41, 5.74) is -1.28. The summed E-state index contributed by atoms with van der Waals surface area (Å²) in [6.07, 6.45) is 2.74. The van der Waals surface area contributed by atoms with Crippen molar-refractivity contribution in [1.29, 1.82) is 0 Å². The minimum atomic E-state index is -1.33. The number of rotatable bonds is 4. The molecule has 0 aromatic heterocycles. The van der Waals surface area contributed by atoms with Crippen LogP contribution in [0.4, 0.5) is 4.39 Å². The van der Waals surface area contributed by atoms with Gasteiger partial charge in [-0.15, -0.1) is 11.6 Å². The van der Waals surface area contributed by atoms with Crippen molar-refractivity contribution in [2.45, 2.75) is 43.5 Å². The lowest BCUT2D eigenvalue weighted by atomic mass is 9.73. The Morgan fingerprint density at radius 1 is 1.41 bits per heavy atom. The first-order valence-corrected chi connectivity index (χ1v) is 7.76. The molecule has 3 unspecified atom stereocenters. The highest BCUT2D eigenvalue weighted by atomic mass is 35.5. The monoisotopic (exact) mass is 327 g/mol. The number of carboxylic acid groups (broad SMARTS) is 1. The highest BCUT2D eigenvalue weighted by Gasteiger charge is 2.47. The average molecular weight is 328 g/mol. The summed E-state index contributed by atoms with van der Waals surface area (Å²) < 4.78 is 13.7. The van der Waals surface area contributed by atoms with Crippen molar-refractivity contribution >= 4 is 23.5 Å². The molecule has 120 valence electrons. The Hall–Kier alpha value is -1.62. The molecule has 0 heterocycles. The molecule has 1 aromatic rings. The van der Waals surface area contributed by atoms with Crippen molar-refractivity contribution < 1.29 is 19.1 Å². The second-order valence-corrected chi connectivity index (χ2v) is 6.23. The molecule has 1 aliphatic rings. The third-order valence-corrected chi connectivity index (χ3v) is 4.87. The third-order valence-electron chi connectivity index (χ3n) is 4.44. The highest BCUT2D eigenvalue weighted by Crippen LogP contribution is 2.35. The van der Waals surface area contributed by atoms with Gasteiger partial charge in [0.2, 0.25) is 5.91 Å². The number of aliphatic carboxylic acids is 1. The van der Waals surface area contributed by atoms with E-state index in [0.29, 0.717) is 6.42 Å². The van der Waals surface area contributed by atoms with Gasteiger partial charge in [0.15, 0.2) is 0 Å². The van der Waals surface area contributed by atoms with Crippen LogP contribution in [0.1, 0.15) is 43.5 Å². The average Bonchev–Trinajstić information content (AvgIpc) is 2.49. The molecule has 0 saturated heterocycles. The van der Waals surface area contributed by atoms with Gasteiger partial charge < -0.3 is 10.4 Å². The smallest absolute Gasteiger partial charge is 0.329 e. The van der Waals surface area contributed by atoms with Gasteiger partial charge >= 0.3 is 5.97 Å². The van der Waals surface area contributed by atoms with Gasteiger partial charge in [-0.05, 0) is 24.8 Å². The van der Waals surface area contributed by atoms with E-state index in [1.807, 2.05) is 0 Å². The molecule has 0 bridgehead atoms. The molecular weight excluding hydrogens is 309 g/mol. The third kappa shape index (κ3) is 3.09. The second kappa shape index (κ2) is 6.65. The molecule has 0 radical (unpaired) electrons. The molecule has 1 aromatic carbocycles. The van der Waals surface area contributed by atoms with Crippen molar-refractivity contribution in [1.82, 2.24) is 5.32 Å². The zero-order valence-corrected chi connectivity index (χ0v) is 13.1. The lowest BCUT2D eigenvalue weighted by molar-refractivity contribution is -0.152. The number of carbonyl (C=O) groups excluding carboxylic acids is 1. The maximum atomic E-state index is 13.7. The molecule has 1 fully saturated rings. The van der Waals surface area contributed by atoms with Crippen LogP contribution in [0, 0.1) is 11.7 Å². The Kier molecular flexibility index (Phi) is 5.06. The Labute approximate surface area is 133 Å². The van der Waals surface area contributed by atoms with Crippen LogP contribution in [0.15, 0.2) is 24.3 Å². The first-order chi connectivity index (χ1) is 10.4. The molecule has 1 amide bonds. The van der Waals surface area contributed by atoms with E-state index in [1.54, 1.807) is 13.0 Å². The standard InChI is InChI=1S/C16H19ClFNO3/c1-10-6-4-5-9-16(10,15(21)22)19-14(20)13(17)11-7-2-3-8-12(11)18/h2-3,7-8,10,13H,4-6,9H2,1H3,(H,19,20)(H,21,22). The van der Waals surface area contributed by atoms with Crippen molar-refractivity contribution in [2.75, 3.05) is 0 Å². The number of carboxylic acids is 1. The number of carbonyl (C=O) groups is 2. The number of hydrogen-bond acceptors (Lipinski definition) is 2. The molecule has 0 spiro atoms. The minimum absolute atomic E-state index is 0.0469. The van der Waals surface area contributed by atoms with Gasteiger partial charge in [0.1, 0.15) is 16.7 Å². The molecule has 0 aliphatic heterocycles. The fourth-order valence-corrected chi connectivity index (χ4v) is 3.24. The molecule has 2 N–H and O–H groups in total. The van der Waals surface area contributed by atoms with Crippen LogP contribution < -0.4 is 5.32 Å². The number of hydrogen-bond donors (Lipinski definition) is 2. The molecule has 2 rings (SSSR count). The minimum Gasteiger partial charge on any atom is -0.479 e. The van der Waals surface area contributed by atoms with Crippen LogP contribution in [0.2, 0.25) is 0 Å². The highest BCUT2D eigenvalue weighted by molar-refractivity contribution is 6.31. The molecule has 4 nitrogen and oxygen atoms in total. The first kappa shape index (κ1) is 16.7. The second-order valence-electron chi connectivity index (χ2n) is 5.80. The van der Waals surface area contributed by atoms with E-state index < -0.39 is 28.6 Å². The van der Waals surface area contributed by atoms with Crippen molar-refractivity contribution in [3.63, 3.8) is 0 Å². The van der Waals surface area contributed by atoms with Gasteiger partial charge in [-0.25, -0.2) is 9.18 Å². The zero-order valence-electron chi connectivity index (χ0n) is 12.3. The summed E-state index contributed by atoms with van der Waals surface area (Å²) in [6, 6.07) is 5.72. The quantitative estimate of drug-likeness (QED) is 0.834. The first-order valence-electron chi connectivity index (χ1n) is 7.32. The van der Waals surface area contributed by atoms with Crippen LogP contribution in [-0.2, 0) is 9.59 Å². The predicted octanol–water partition coefficient (Wildman–Crippen LogP) is 3.26. The number of amides is 1. The molecule has 1 saturated carbocycles. The number of nitrogens with one attached hydrogen (secondary N) is 1. The Morgan fingerprint density at radius 3 is 2.68 bits per heavy atom. The normalized spacial score (nSPS) is 26.2. The van der Waals surface area contributed by atoms with Crippen LogP contribution in [0.5, 0.6) is 0 Å². The summed E-state index contributed by atoms with van der Waals surface area (Å²) in [7, 11) is 0. The van der Waals surface area contributed by atoms with Crippen LogP contribution in [0.3, 0.4) is 0 Å². The summed E-state index contributed by atoms with van der Waals surface area (Å²) >= 11 is 6.05. The summed E-state index contributed by atoms with van der Waals surface area (Å²) in [6.45, 7) is 1.81. The number of alkyl halides is 1. The molecule has 1 aliphatic carbocycles. The maximum absolute atomic E-state index is 13.7. The summed E-state index contributed by atoms with van der Waals surface area (Å²) in [5.74, 6) is -2.53. The molecule has 22 heavy (non-hydrogen) atoms. The molecular formula is C16H19ClFNO3. The van der Waals surface area contributed by atoms with Crippen molar-refractivity contribution in [3.8, 4) is 0 Å². The number of benzene rings is 1. The topological polar surface area (TPSA) is 66.4 Å². The Bertz CT molecular complexity index is 580. The van der Waals surface area contributed by atoms with E-state index in [1.165, 1.54) is 18.2 Å². The van der Waals surface area contributed by atoms with E-state index in [4.69, 9.17) is 11.6 Å². The summed E-state index contributed by atoms with van der Waals surface area (Å²) in [5, 5.41) is 10.9. The predicted molar refractivity (Wildman–Crippen MR) is 81.1 cm³/mol. The fraction of sp³-hybridized carbons (Fsp3) is 0.500. The lowest BCUT2D eigenvalue weighted by Crippen LogP contribution is -2.60. The van der Waals surface area contributed by atoms with E-state index in [9.17, 15) is 19.1 Å². The van der Waals surface area contributed by atoms with Crippen LogP contribution in [-0.4, -0.2) is 22.5 Å². The van der Waals surface area contributed by atoms with E-state index >= 15 is 0 Å². The SMILES string of the molecule is CC1CCCCC1(NC(=O)C(Cl)c1ccccc1F)C(=O)O. The van der Waals surface area contributed by atoms with Gasteiger partial charge in [-0.3, -0.25) is 4.79 Å². The van der Waals surface area contributed by atoms with Gasteiger partial charge in [-0.1, -0.05) is 38.0 Å². The Balaban J connectivity index is 2.22. The van der Waals surface area contributed by atoms with Crippen LogP contribution >= 0.6 is 11.6 Å². The lowest BCUT2D eigenvalue weighted by Gasteiger charge is -2.40. The van der Waals surface area contributed by atoms with Gasteiger partial charge in [0.05, 0.1) is 0 Å². The van der Waals surface area contributed by atoms with Gasteiger partial charge in [0.25, 0.3) is 0 Å². The zero-order chi connectivity index (χ0) is 16.3. The largest absolute Gasteiger partial charge is 0.479 e. The van der Waals surface area contributed by atoms with Crippen LogP contribution in [0.25, 0.3) is 0 Å². The van der Waals surface area contributed by atoms with Crippen molar-refractivity contribution in [2.24, 2.45) is 5.92 Å². The van der Waals surface area contributed by atoms with E-state index in [2.05, 4.69) is 5.32 Å². The van der Waals surface area contributed by atoms with E-state index in [-0.39, 0.29) is 11.5 Å². The molecule has 3 atom stereocenters. The molecule has 6 heteroatoms. The van der Waals surface area contributed by atoms with Crippen molar-refractivity contribution in [3.05, 3.63) is 35.6 Å². The number of halogens is 2. The van der Waals surface area contributed by atoms with Gasteiger partial charge in [-0.2, -0.15) is 0 Å². The Morgan fingerprint density at radius 2 is 2.09 bits per heavy atom. The van der Waals surface area contributed by atoms with Gasteiger partial charge in [0, 0.05) is 5.56 Å². The van der Waals surface area contributed by atoms with E-state index in [0.717, 1.165) is 19.3 Å². The maximum Gasteiger partial charge on any atom is 0.329 e. The summed E-state index contributed by atoms with van der Waals surface area (Å²) in [4.78, 5) is 24.1. The fourth-order valence-electron chi connectivity index (χ4n) is 3.01.